The van der Waals surface area contributed by atoms with E-state index in [2.05, 4.69) is 50.4 Å². The zero-order valence-corrected chi connectivity index (χ0v) is 18.4. The molecule has 0 spiro atoms. The molecule has 3 heterocycles. The maximum Gasteiger partial charge on any atom is 0.265 e. The second kappa shape index (κ2) is 8.07. The van der Waals surface area contributed by atoms with E-state index in [-0.39, 0.29) is 5.91 Å². The van der Waals surface area contributed by atoms with Crippen LogP contribution in [0.1, 0.15) is 20.4 Å². The predicted molar refractivity (Wildman–Crippen MR) is 125 cm³/mol. The van der Waals surface area contributed by atoms with E-state index in [0.29, 0.717) is 13.1 Å². The zero-order valence-electron chi connectivity index (χ0n) is 17.6. The van der Waals surface area contributed by atoms with E-state index in [0.717, 1.165) is 45.7 Å². The van der Waals surface area contributed by atoms with Crippen molar-refractivity contribution in [3.05, 3.63) is 70.2 Å². The molecule has 4 aromatic rings. The molecule has 1 aliphatic heterocycles. The van der Waals surface area contributed by atoms with Crippen molar-refractivity contribution < 1.29 is 4.79 Å². The van der Waals surface area contributed by atoms with Crippen molar-refractivity contribution in [2.24, 2.45) is 0 Å². The van der Waals surface area contributed by atoms with Crippen LogP contribution >= 0.6 is 11.3 Å². The molecule has 0 bridgehead atoms. The molecule has 0 atom stereocenters. The minimum absolute atomic E-state index is 0.0835. The number of fused-ring (bicyclic) bond motifs is 1. The average molecular weight is 430 g/mol. The van der Waals surface area contributed by atoms with Crippen LogP contribution in [0.3, 0.4) is 0 Å². The van der Waals surface area contributed by atoms with Crippen LogP contribution in [0.25, 0.3) is 22.0 Å². The van der Waals surface area contributed by atoms with Crippen LogP contribution in [0, 0.1) is 13.8 Å². The van der Waals surface area contributed by atoms with Crippen LogP contribution in [0.5, 0.6) is 0 Å². The van der Waals surface area contributed by atoms with E-state index in [1.54, 1.807) is 0 Å². The highest BCUT2D eigenvalue weighted by Gasteiger charge is 2.25. The summed E-state index contributed by atoms with van der Waals surface area (Å²) >= 11 is 1.48. The summed E-state index contributed by atoms with van der Waals surface area (Å²) in [5, 5.41) is 12.3. The minimum Gasteiger partial charge on any atom is -0.352 e. The zero-order chi connectivity index (χ0) is 21.4. The van der Waals surface area contributed by atoms with Crippen LogP contribution < -0.4 is 4.90 Å². The fourth-order valence-corrected chi connectivity index (χ4v) is 4.99. The molecule has 1 aliphatic rings. The molecular formula is C24H23N5OS. The predicted octanol–water partition coefficient (Wildman–Crippen LogP) is 4.33. The number of aryl methyl sites for hydroxylation is 2. The molecule has 1 fully saturated rings. The van der Waals surface area contributed by atoms with Crippen LogP contribution in [-0.4, -0.2) is 52.2 Å². The van der Waals surface area contributed by atoms with Crippen molar-refractivity contribution in [2.45, 2.75) is 13.8 Å². The fraction of sp³-hybridized carbons (Fsp3) is 0.250. The van der Waals surface area contributed by atoms with Crippen molar-refractivity contribution in [1.82, 2.24) is 20.1 Å². The molecule has 0 saturated carbocycles. The van der Waals surface area contributed by atoms with Gasteiger partial charge in [0.1, 0.15) is 4.88 Å². The Morgan fingerprint density at radius 3 is 2.39 bits per heavy atom. The molecule has 0 radical (unpaired) electrons. The van der Waals surface area contributed by atoms with Gasteiger partial charge in [-0.3, -0.25) is 4.79 Å². The number of benzene rings is 2. The van der Waals surface area contributed by atoms with Gasteiger partial charge in [0.2, 0.25) is 0 Å². The topological polar surface area (TPSA) is 62.2 Å². The lowest BCUT2D eigenvalue weighted by molar-refractivity contribution is 0.0750. The van der Waals surface area contributed by atoms with E-state index in [1.165, 1.54) is 22.1 Å². The number of amides is 1. The normalized spacial score (nSPS) is 14.3. The van der Waals surface area contributed by atoms with Gasteiger partial charge in [-0.15, -0.1) is 21.5 Å². The average Bonchev–Trinajstić information content (AvgIpc) is 3.16. The smallest absolute Gasteiger partial charge is 0.265 e. The number of nitrogens with zero attached hydrogens (tertiary/aromatic N) is 5. The lowest BCUT2D eigenvalue weighted by Crippen LogP contribution is -2.49. The van der Waals surface area contributed by atoms with Gasteiger partial charge in [-0.25, -0.2) is 4.98 Å². The monoisotopic (exact) mass is 429 g/mol. The Labute approximate surface area is 185 Å². The summed E-state index contributed by atoms with van der Waals surface area (Å²) in [4.78, 5) is 22.1. The highest BCUT2D eigenvalue weighted by molar-refractivity contribution is 7.13. The van der Waals surface area contributed by atoms with Gasteiger partial charge in [-0.05, 0) is 36.8 Å². The van der Waals surface area contributed by atoms with Crippen molar-refractivity contribution in [1.29, 1.82) is 0 Å². The van der Waals surface area contributed by atoms with E-state index < -0.39 is 0 Å². The van der Waals surface area contributed by atoms with Gasteiger partial charge in [-0.2, -0.15) is 0 Å². The highest BCUT2D eigenvalue weighted by Crippen LogP contribution is 2.28. The van der Waals surface area contributed by atoms with Crippen LogP contribution in [0.2, 0.25) is 0 Å². The third kappa shape index (κ3) is 3.77. The second-order valence-corrected chi connectivity index (χ2v) is 8.93. The number of carbonyl (C=O) groups excluding carboxylic acids is 1. The first-order chi connectivity index (χ1) is 15.1. The summed E-state index contributed by atoms with van der Waals surface area (Å²) < 4.78 is 0. The Balaban J connectivity index is 1.29. The lowest BCUT2D eigenvalue weighted by Gasteiger charge is -2.35. The first kappa shape index (κ1) is 19.6. The van der Waals surface area contributed by atoms with Crippen LogP contribution in [0.4, 0.5) is 5.82 Å². The molecule has 2 aromatic carbocycles. The minimum atomic E-state index is 0.0835. The molecule has 1 saturated heterocycles. The largest absolute Gasteiger partial charge is 0.352 e. The number of hydrogen-bond donors (Lipinski definition) is 0. The fourth-order valence-electron chi connectivity index (χ4n) is 4.10. The van der Waals surface area contributed by atoms with E-state index in [9.17, 15) is 4.79 Å². The molecule has 0 aliphatic carbocycles. The van der Waals surface area contributed by atoms with Gasteiger partial charge >= 0.3 is 0 Å². The number of anilines is 1. The van der Waals surface area contributed by atoms with E-state index in [4.69, 9.17) is 0 Å². The lowest BCUT2D eigenvalue weighted by atomic mass is 10.0. The molecule has 0 unspecified atom stereocenters. The molecule has 6 nitrogen and oxygen atoms in total. The summed E-state index contributed by atoms with van der Waals surface area (Å²) in [7, 11) is 0. The van der Waals surface area contributed by atoms with Gasteiger partial charge in [0.25, 0.3) is 5.91 Å². The molecule has 2 aromatic heterocycles. The maximum absolute atomic E-state index is 12.8. The summed E-state index contributed by atoms with van der Waals surface area (Å²) in [6.07, 6.45) is 0. The Morgan fingerprint density at radius 1 is 0.903 bits per heavy atom. The highest BCUT2D eigenvalue weighted by atomic mass is 32.1. The van der Waals surface area contributed by atoms with E-state index in [1.807, 2.05) is 43.0 Å². The molecule has 7 heteroatoms. The number of carbonyl (C=O) groups is 1. The molecule has 1 amide bonds. The van der Waals surface area contributed by atoms with Crippen molar-refractivity contribution in [3.8, 4) is 11.3 Å². The standard InChI is InChI=1S/C24H23N5OS/c1-16-23(31-17(2)25-16)24(30)29-14-12-28(13-15-29)22-11-10-21(26-27-22)20-9-5-7-18-6-3-4-8-19(18)20/h3-11H,12-15H2,1-2H3. The molecule has 5 rings (SSSR count). The number of rotatable bonds is 3. The van der Waals surface area contributed by atoms with Crippen molar-refractivity contribution in [3.63, 3.8) is 0 Å². The third-order valence-corrected chi connectivity index (χ3v) is 6.77. The maximum atomic E-state index is 12.8. The Hall–Kier alpha value is -3.32. The van der Waals surface area contributed by atoms with Crippen LogP contribution in [-0.2, 0) is 0 Å². The number of thiazole rings is 1. The third-order valence-electron chi connectivity index (χ3n) is 5.70. The van der Waals surface area contributed by atoms with Gasteiger partial charge in [-0.1, -0.05) is 42.5 Å². The van der Waals surface area contributed by atoms with Gasteiger partial charge < -0.3 is 9.80 Å². The van der Waals surface area contributed by atoms with Gasteiger partial charge in [0.05, 0.1) is 16.4 Å². The Kier molecular flexibility index (Phi) is 5.11. The van der Waals surface area contributed by atoms with Crippen molar-refractivity contribution in [2.75, 3.05) is 31.1 Å². The molecule has 156 valence electrons. The Bertz CT molecular complexity index is 1240. The molecular weight excluding hydrogens is 406 g/mol. The first-order valence-corrected chi connectivity index (χ1v) is 11.2. The SMILES string of the molecule is Cc1nc(C)c(C(=O)N2CCN(c3ccc(-c4cccc5ccccc45)nn3)CC2)s1. The summed E-state index contributed by atoms with van der Waals surface area (Å²) in [6.45, 7) is 6.66. The Morgan fingerprint density at radius 2 is 1.68 bits per heavy atom. The van der Waals surface area contributed by atoms with Crippen molar-refractivity contribution >= 4 is 33.8 Å². The summed E-state index contributed by atoms with van der Waals surface area (Å²) in [5.74, 6) is 0.932. The number of piperazine rings is 1. The number of aromatic nitrogens is 3. The summed E-state index contributed by atoms with van der Waals surface area (Å²) in [5.41, 5.74) is 2.78. The van der Waals surface area contributed by atoms with E-state index >= 15 is 0 Å². The second-order valence-electron chi connectivity index (χ2n) is 7.73. The quantitative estimate of drug-likeness (QED) is 0.485. The number of hydrogen-bond acceptors (Lipinski definition) is 6. The van der Waals surface area contributed by atoms with Gasteiger partial charge in [0.15, 0.2) is 5.82 Å². The molecule has 0 N–H and O–H groups in total. The summed E-state index contributed by atoms with van der Waals surface area (Å²) in [6, 6.07) is 18.6. The van der Waals surface area contributed by atoms with Crippen LogP contribution in [0.15, 0.2) is 54.6 Å². The molecule has 31 heavy (non-hydrogen) atoms. The van der Waals surface area contributed by atoms with Gasteiger partial charge in [0, 0.05) is 31.7 Å². The first-order valence-electron chi connectivity index (χ1n) is 10.4.